The first-order chi connectivity index (χ1) is 7.79. The highest BCUT2D eigenvalue weighted by molar-refractivity contribution is 4.98. The van der Waals surface area contributed by atoms with Crippen molar-refractivity contribution in [3.05, 3.63) is 0 Å². The molecular formula is C15H30O2. The first-order valence-electron chi connectivity index (χ1n) is 7.12. The molecule has 2 unspecified atom stereocenters. The summed E-state index contributed by atoms with van der Waals surface area (Å²) >= 11 is 0. The molecule has 0 aromatic rings. The zero-order valence-corrected chi connectivity index (χ0v) is 12.1. The number of aliphatic hydroxyl groups excluding tert-OH is 1. The maximum atomic E-state index is 11.0. The number of rotatable bonds is 4. The highest BCUT2D eigenvalue weighted by Crippen LogP contribution is 2.47. The van der Waals surface area contributed by atoms with E-state index in [9.17, 15) is 10.2 Å². The molecule has 0 radical (unpaired) electrons. The summed E-state index contributed by atoms with van der Waals surface area (Å²) in [6.45, 7) is 8.84. The smallest absolute Gasteiger partial charge is 0.0723 e. The molecule has 0 saturated heterocycles. The lowest BCUT2D eigenvalue weighted by Gasteiger charge is -2.44. The largest absolute Gasteiger partial charge is 0.396 e. The quantitative estimate of drug-likeness (QED) is 0.741. The maximum Gasteiger partial charge on any atom is 0.0723 e. The molecular weight excluding hydrogens is 212 g/mol. The predicted octanol–water partition coefficient (Wildman–Crippen LogP) is 3.51. The van der Waals surface area contributed by atoms with E-state index in [2.05, 4.69) is 27.7 Å². The molecule has 1 rings (SSSR count). The van der Waals surface area contributed by atoms with Crippen molar-refractivity contribution in [2.24, 2.45) is 10.8 Å². The lowest BCUT2D eigenvalue weighted by atomic mass is 9.67. The van der Waals surface area contributed by atoms with Gasteiger partial charge < -0.3 is 10.2 Å². The monoisotopic (exact) mass is 242 g/mol. The summed E-state index contributed by atoms with van der Waals surface area (Å²) in [5.74, 6) is 0. The number of hydrogen-bond donors (Lipinski definition) is 2. The molecule has 102 valence electrons. The fraction of sp³-hybridized carbons (Fsp3) is 1.00. The fourth-order valence-electron chi connectivity index (χ4n) is 3.27. The summed E-state index contributed by atoms with van der Waals surface area (Å²) in [5, 5.41) is 20.7. The number of aliphatic hydroxyl groups is 2. The van der Waals surface area contributed by atoms with Crippen molar-refractivity contribution in [2.45, 2.75) is 78.2 Å². The van der Waals surface area contributed by atoms with Crippen molar-refractivity contribution in [1.29, 1.82) is 0 Å². The summed E-state index contributed by atoms with van der Waals surface area (Å²) < 4.78 is 0. The third-order valence-electron chi connectivity index (χ3n) is 4.93. The van der Waals surface area contributed by atoms with Crippen LogP contribution >= 0.6 is 0 Å². The molecule has 0 heterocycles. The highest BCUT2D eigenvalue weighted by Gasteiger charge is 2.47. The van der Waals surface area contributed by atoms with Gasteiger partial charge in [0.15, 0.2) is 0 Å². The Kier molecular flexibility index (Phi) is 4.65. The summed E-state index contributed by atoms with van der Waals surface area (Å²) in [5.41, 5.74) is -0.666. The molecule has 2 N–H and O–H groups in total. The molecule has 0 aromatic heterocycles. The van der Waals surface area contributed by atoms with E-state index in [1.165, 1.54) is 6.42 Å². The van der Waals surface area contributed by atoms with E-state index >= 15 is 0 Å². The molecule has 2 atom stereocenters. The van der Waals surface area contributed by atoms with Crippen LogP contribution in [0, 0.1) is 10.8 Å². The van der Waals surface area contributed by atoms with Gasteiger partial charge in [-0.3, -0.25) is 0 Å². The van der Waals surface area contributed by atoms with Crippen molar-refractivity contribution in [2.75, 3.05) is 6.61 Å². The van der Waals surface area contributed by atoms with Crippen molar-refractivity contribution in [1.82, 2.24) is 0 Å². The Morgan fingerprint density at radius 1 is 1.12 bits per heavy atom. The van der Waals surface area contributed by atoms with Crippen molar-refractivity contribution < 1.29 is 10.2 Å². The minimum absolute atomic E-state index is 0.0950. The second-order valence-electron chi connectivity index (χ2n) is 7.02. The first-order valence-corrected chi connectivity index (χ1v) is 7.12. The minimum Gasteiger partial charge on any atom is -0.396 e. The topological polar surface area (TPSA) is 40.5 Å². The molecule has 2 heteroatoms. The van der Waals surface area contributed by atoms with Gasteiger partial charge >= 0.3 is 0 Å². The molecule has 1 fully saturated rings. The third-order valence-corrected chi connectivity index (χ3v) is 4.93. The normalized spacial score (nSPS) is 32.8. The summed E-state index contributed by atoms with van der Waals surface area (Å²) in [6, 6.07) is 0. The van der Waals surface area contributed by atoms with Crippen LogP contribution in [0.4, 0.5) is 0 Å². The van der Waals surface area contributed by atoms with Crippen LogP contribution < -0.4 is 0 Å². The van der Waals surface area contributed by atoms with E-state index in [0.717, 1.165) is 38.5 Å². The van der Waals surface area contributed by atoms with Crippen LogP contribution in [-0.2, 0) is 0 Å². The van der Waals surface area contributed by atoms with Gasteiger partial charge in [0, 0.05) is 5.41 Å². The molecule has 17 heavy (non-hydrogen) atoms. The Morgan fingerprint density at radius 2 is 1.76 bits per heavy atom. The van der Waals surface area contributed by atoms with Crippen LogP contribution in [0.3, 0.4) is 0 Å². The van der Waals surface area contributed by atoms with E-state index in [1.54, 1.807) is 0 Å². The lowest BCUT2D eigenvalue weighted by Crippen LogP contribution is -2.48. The van der Waals surface area contributed by atoms with Gasteiger partial charge in [-0.1, -0.05) is 40.5 Å². The molecule has 1 aliphatic rings. The van der Waals surface area contributed by atoms with Crippen molar-refractivity contribution in [3.8, 4) is 0 Å². The summed E-state index contributed by atoms with van der Waals surface area (Å²) in [7, 11) is 0. The van der Waals surface area contributed by atoms with Crippen LogP contribution in [0.15, 0.2) is 0 Å². The van der Waals surface area contributed by atoms with E-state index in [-0.39, 0.29) is 12.0 Å². The predicted molar refractivity (Wildman–Crippen MR) is 71.9 cm³/mol. The van der Waals surface area contributed by atoms with E-state index < -0.39 is 5.60 Å². The summed E-state index contributed by atoms with van der Waals surface area (Å²) in [4.78, 5) is 0. The standard InChI is InChI=1S/C15H30O2/c1-5-7-14(4,12-16)15(17)9-6-8-13(2,3)10-11-15/h16-17H,5-12H2,1-4H3. The maximum absolute atomic E-state index is 11.0. The zero-order chi connectivity index (χ0) is 13.2. The molecule has 1 saturated carbocycles. The van der Waals surface area contributed by atoms with Crippen LogP contribution in [0.25, 0.3) is 0 Å². The number of hydrogen-bond acceptors (Lipinski definition) is 2. The van der Waals surface area contributed by atoms with Gasteiger partial charge in [-0.15, -0.1) is 0 Å². The van der Waals surface area contributed by atoms with Crippen molar-refractivity contribution >= 4 is 0 Å². The second-order valence-corrected chi connectivity index (χ2v) is 7.02. The summed E-state index contributed by atoms with van der Waals surface area (Å²) in [6.07, 6.45) is 6.91. The molecule has 0 aromatic carbocycles. The molecule has 0 bridgehead atoms. The van der Waals surface area contributed by atoms with Crippen LogP contribution in [0.5, 0.6) is 0 Å². The molecule has 0 spiro atoms. The minimum atomic E-state index is -0.675. The van der Waals surface area contributed by atoms with Gasteiger partial charge in [-0.2, -0.15) is 0 Å². The average Bonchev–Trinajstić information content (AvgIpc) is 2.39. The van der Waals surface area contributed by atoms with Crippen molar-refractivity contribution in [3.63, 3.8) is 0 Å². The van der Waals surface area contributed by atoms with Gasteiger partial charge in [0.2, 0.25) is 0 Å². The zero-order valence-electron chi connectivity index (χ0n) is 12.1. The Morgan fingerprint density at radius 3 is 2.29 bits per heavy atom. The molecule has 2 nitrogen and oxygen atoms in total. The van der Waals surface area contributed by atoms with E-state index in [4.69, 9.17) is 0 Å². The Bertz CT molecular complexity index is 249. The molecule has 1 aliphatic carbocycles. The Hall–Kier alpha value is -0.0800. The van der Waals surface area contributed by atoms with Crippen LogP contribution in [0.1, 0.15) is 72.6 Å². The third kappa shape index (κ3) is 3.23. The van der Waals surface area contributed by atoms with Gasteiger partial charge in [0.1, 0.15) is 0 Å². The lowest BCUT2D eigenvalue weighted by molar-refractivity contribution is -0.115. The Labute approximate surface area is 106 Å². The van der Waals surface area contributed by atoms with Gasteiger partial charge in [-0.25, -0.2) is 0 Å². The average molecular weight is 242 g/mol. The fourth-order valence-corrected chi connectivity index (χ4v) is 3.27. The van der Waals surface area contributed by atoms with E-state index in [1.807, 2.05) is 0 Å². The first kappa shape index (κ1) is 15.0. The SMILES string of the molecule is CCCC(C)(CO)C1(O)CCCC(C)(C)CC1. The van der Waals surface area contributed by atoms with E-state index in [0.29, 0.717) is 5.41 Å². The van der Waals surface area contributed by atoms with Gasteiger partial charge in [0.25, 0.3) is 0 Å². The highest BCUT2D eigenvalue weighted by atomic mass is 16.3. The van der Waals surface area contributed by atoms with Crippen LogP contribution in [-0.4, -0.2) is 22.4 Å². The van der Waals surface area contributed by atoms with Gasteiger partial charge in [-0.05, 0) is 37.5 Å². The van der Waals surface area contributed by atoms with Gasteiger partial charge in [0.05, 0.1) is 12.2 Å². The molecule has 0 amide bonds. The Balaban J connectivity index is 2.85. The van der Waals surface area contributed by atoms with Crippen LogP contribution in [0.2, 0.25) is 0 Å². The molecule has 0 aliphatic heterocycles. The second kappa shape index (κ2) is 5.27.